The smallest absolute Gasteiger partial charge is 0.250 e. The molecule has 0 radical (unpaired) electrons. The van der Waals surface area contributed by atoms with Crippen LogP contribution in [-0.4, -0.2) is 39.4 Å². The van der Waals surface area contributed by atoms with Crippen LogP contribution in [-0.2, 0) is 14.3 Å². The Kier molecular flexibility index (Phi) is 5.20. The van der Waals surface area contributed by atoms with Gasteiger partial charge < -0.3 is 25.3 Å². The van der Waals surface area contributed by atoms with Gasteiger partial charge in [-0.05, 0) is 18.6 Å². The molecule has 1 atom stereocenters. The average molecular weight is 280 g/mol. The van der Waals surface area contributed by atoms with Crippen molar-refractivity contribution >= 4 is 17.3 Å². The molecule has 1 aromatic carbocycles. The highest BCUT2D eigenvalue weighted by molar-refractivity contribution is 5.94. The first-order valence-electron chi connectivity index (χ1n) is 6.58. The maximum atomic E-state index is 11.7. The maximum Gasteiger partial charge on any atom is 0.250 e. The minimum Gasteiger partial charge on any atom is -0.497 e. The molecule has 0 aliphatic carbocycles. The second kappa shape index (κ2) is 7.12. The minimum atomic E-state index is -0.221. The molecule has 1 aliphatic rings. The molecule has 0 saturated carbocycles. The molecule has 1 fully saturated rings. The van der Waals surface area contributed by atoms with Crippen LogP contribution < -0.4 is 15.8 Å². The average Bonchev–Trinajstić information content (AvgIpc) is 2.94. The summed E-state index contributed by atoms with van der Waals surface area (Å²) in [6, 6.07) is 5.10. The quantitative estimate of drug-likeness (QED) is 0.767. The molecule has 1 saturated heterocycles. The van der Waals surface area contributed by atoms with Gasteiger partial charge in [-0.1, -0.05) is 0 Å². The number of hydrogen-bond donors (Lipinski definition) is 2. The van der Waals surface area contributed by atoms with Gasteiger partial charge in [-0.15, -0.1) is 0 Å². The van der Waals surface area contributed by atoms with Crippen molar-refractivity contribution in [3.05, 3.63) is 18.2 Å². The summed E-state index contributed by atoms with van der Waals surface area (Å²) < 4.78 is 15.7. The van der Waals surface area contributed by atoms with E-state index >= 15 is 0 Å². The summed E-state index contributed by atoms with van der Waals surface area (Å²) in [6.45, 7) is 2.06. The van der Waals surface area contributed by atoms with Crippen molar-refractivity contribution in [2.75, 3.05) is 44.6 Å². The lowest BCUT2D eigenvalue weighted by Crippen LogP contribution is -2.21. The van der Waals surface area contributed by atoms with Crippen molar-refractivity contribution in [1.82, 2.24) is 0 Å². The normalized spacial score (nSPS) is 17.9. The third-order valence-corrected chi connectivity index (χ3v) is 3.14. The van der Waals surface area contributed by atoms with Crippen LogP contribution in [0.3, 0.4) is 0 Å². The Bertz CT molecular complexity index is 458. The van der Waals surface area contributed by atoms with Crippen LogP contribution in [0.15, 0.2) is 18.2 Å². The van der Waals surface area contributed by atoms with Gasteiger partial charge >= 0.3 is 0 Å². The Morgan fingerprint density at radius 3 is 3.05 bits per heavy atom. The number of carbonyl (C=O) groups is 1. The van der Waals surface area contributed by atoms with Crippen LogP contribution in [0.5, 0.6) is 5.75 Å². The largest absolute Gasteiger partial charge is 0.497 e. The zero-order valence-electron chi connectivity index (χ0n) is 11.6. The van der Waals surface area contributed by atoms with Crippen molar-refractivity contribution in [3.63, 3.8) is 0 Å². The summed E-state index contributed by atoms with van der Waals surface area (Å²) in [6.07, 6.45) is 0.993. The lowest BCUT2D eigenvalue weighted by Gasteiger charge is -2.11. The molecular weight excluding hydrogens is 260 g/mol. The summed E-state index contributed by atoms with van der Waals surface area (Å²) in [5.74, 6) is 0.827. The predicted octanol–water partition coefficient (Wildman–Crippen LogP) is 1.27. The van der Waals surface area contributed by atoms with Crippen molar-refractivity contribution in [3.8, 4) is 5.75 Å². The molecule has 6 nitrogen and oxygen atoms in total. The first-order chi connectivity index (χ1) is 9.69. The number of methoxy groups -OCH3 is 1. The second-order valence-electron chi connectivity index (χ2n) is 4.75. The minimum absolute atomic E-state index is 0.0158. The van der Waals surface area contributed by atoms with Gasteiger partial charge in [-0.2, -0.15) is 0 Å². The van der Waals surface area contributed by atoms with E-state index < -0.39 is 0 Å². The van der Waals surface area contributed by atoms with Gasteiger partial charge in [0.2, 0.25) is 5.91 Å². The Balaban J connectivity index is 1.76. The lowest BCUT2D eigenvalue weighted by atomic mass is 10.1. The van der Waals surface area contributed by atoms with E-state index in [2.05, 4.69) is 5.32 Å². The molecule has 0 bridgehead atoms. The number of carbonyl (C=O) groups excluding carboxylic acids is 1. The Morgan fingerprint density at radius 1 is 1.55 bits per heavy atom. The number of amides is 1. The van der Waals surface area contributed by atoms with Crippen LogP contribution in [0.25, 0.3) is 0 Å². The van der Waals surface area contributed by atoms with Gasteiger partial charge in [0, 0.05) is 18.6 Å². The number of benzene rings is 1. The molecule has 1 aromatic rings. The molecule has 110 valence electrons. The first kappa shape index (κ1) is 14.6. The molecular formula is C14H20N2O4. The molecule has 3 N–H and O–H groups in total. The molecule has 0 aromatic heterocycles. The second-order valence-corrected chi connectivity index (χ2v) is 4.75. The third kappa shape index (κ3) is 4.11. The van der Waals surface area contributed by atoms with Crippen LogP contribution in [0, 0.1) is 5.92 Å². The van der Waals surface area contributed by atoms with Crippen molar-refractivity contribution in [2.24, 2.45) is 5.92 Å². The topological polar surface area (TPSA) is 82.8 Å². The molecule has 6 heteroatoms. The highest BCUT2D eigenvalue weighted by Gasteiger charge is 2.16. The van der Waals surface area contributed by atoms with E-state index in [1.807, 2.05) is 0 Å². The molecule has 1 heterocycles. The monoisotopic (exact) mass is 280 g/mol. The fourth-order valence-corrected chi connectivity index (χ4v) is 2.00. The highest BCUT2D eigenvalue weighted by atomic mass is 16.5. The summed E-state index contributed by atoms with van der Waals surface area (Å²) in [4.78, 5) is 11.7. The number of rotatable bonds is 6. The highest BCUT2D eigenvalue weighted by Crippen LogP contribution is 2.23. The van der Waals surface area contributed by atoms with Gasteiger partial charge in [0.25, 0.3) is 0 Å². The van der Waals surface area contributed by atoms with Gasteiger partial charge in [-0.3, -0.25) is 4.79 Å². The Hall–Kier alpha value is -1.79. The number of nitrogens with two attached hydrogens (primary N) is 1. The summed E-state index contributed by atoms with van der Waals surface area (Å²) in [7, 11) is 1.56. The molecule has 20 heavy (non-hydrogen) atoms. The van der Waals surface area contributed by atoms with E-state index in [0.717, 1.165) is 13.0 Å². The summed E-state index contributed by atoms with van der Waals surface area (Å²) in [5, 5.41) is 2.71. The fourth-order valence-electron chi connectivity index (χ4n) is 2.00. The number of anilines is 2. The van der Waals surface area contributed by atoms with E-state index in [1.54, 1.807) is 25.3 Å². The molecule has 0 spiro atoms. The van der Waals surface area contributed by atoms with Crippen LogP contribution in [0.2, 0.25) is 0 Å². The zero-order chi connectivity index (χ0) is 14.4. The zero-order valence-corrected chi connectivity index (χ0v) is 11.6. The van der Waals surface area contributed by atoms with Crippen molar-refractivity contribution < 1.29 is 19.0 Å². The number of nitrogens with one attached hydrogen (secondary N) is 1. The SMILES string of the molecule is COc1ccc(NC(=O)COCC2CCOC2)c(N)c1. The van der Waals surface area contributed by atoms with E-state index in [1.165, 1.54) is 0 Å². The van der Waals surface area contributed by atoms with E-state index in [0.29, 0.717) is 36.3 Å². The predicted molar refractivity (Wildman–Crippen MR) is 75.8 cm³/mol. The lowest BCUT2D eigenvalue weighted by molar-refractivity contribution is -0.121. The fraction of sp³-hybridized carbons (Fsp3) is 0.500. The first-order valence-corrected chi connectivity index (χ1v) is 6.58. The Labute approximate surface area is 118 Å². The van der Waals surface area contributed by atoms with E-state index in [9.17, 15) is 4.79 Å². The molecule has 2 rings (SSSR count). The van der Waals surface area contributed by atoms with Crippen LogP contribution in [0.4, 0.5) is 11.4 Å². The molecule has 1 aliphatic heterocycles. The Morgan fingerprint density at radius 2 is 2.40 bits per heavy atom. The van der Waals surface area contributed by atoms with Gasteiger partial charge in [0.15, 0.2) is 0 Å². The van der Waals surface area contributed by atoms with Gasteiger partial charge in [0.1, 0.15) is 12.4 Å². The van der Waals surface area contributed by atoms with Crippen LogP contribution in [0.1, 0.15) is 6.42 Å². The summed E-state index contributed by atoms with van der Waals surface area (Å²) in [5.41, 5.74) is 6.84. The third-order valence-electron chi connectivity index (χ3n) is 3.14. The number of ether oxygens (including phenoxy) is 3. The van der Waals surface area contributed by atoms with E-state index in [-0.39, 0.29) is 12.5 Å². The molecule has 1 unspecified atom stereocenters. The number of nitrogen functional groups attached to an aromatic ring is 1. The van der Waals surface area contributed by atoms with E-state index in [4.69, 9.17) is 19.9 Å². The van der Waals surface area contributed by atoms with Crippen molar-refractivity contribution in [2.45, 2.75) is 6.42 Å². The number of hydrogen-bond acceptors (Lipinski definition) is 5. The van der Waals surface area contributed by atoms with Gasteiger partial charge in [-0.25, -0.2) is 0 Å². The maximum absolute atomic E-state index is 11.7. The van der Waals surface area contributed by atoms with Crippen LogP contribution >= 0.6 is 0 Å². The molecule has 1 amide bonds. The summed E-state index contributed by atoms with van der Waals surface area (Å²) >= 11 is 0. The van der Waals surface area contributed by atoms with Gasteiger partial charge in [0.05, 0.1) is 31.7 Å². The van der Waals surface area contributed by atoms with Crippen molar-refractivity contribution in [1.29, 1.82) is 0 Å². The standard InChI is InChI=1S/C14H20N2O4/c1-18-11-2-3-13(12(15)6-11)16-14(17)9-20-8-10-4-5-19-7-10/h2-3,6,10H,4-5,7-9,15H2,1H3,(H,16,17).